The van der Waals surface area contributed by atoms with Crippen molar-refractivity contribution in [2.24, 2.45) is 5.92 Å². The normalized spacial score (nSPS) is 15.1. The number of nitrogens with one attached hydrogen (secondary N) is 1. The van der Waals surface area contributed by atoms with Crippen molar-refractivity contribution in [3.05, 3.63) is 35.9 Å². The van der Waals surface area contributed by atoms with Crippen molar-refractivity contribution < 1.29 is 49.8 Å². The van der Waals surface area contributed by atoms with Gasteiger partial charge in [0.1, 0.15) is 18.2 Å². The molecule has 0 aliphatic carbocycles. The van der Waals surface area contributed by atoms with E-state index in [1.165, 1.54) is 20.8 Å². The fourth-order valence-electron chi connectivity index (χ4n) is 2.33. The van der Waals surface area contributed by atoms with Crippen molar-refractivity contribution in [2.75, 3.05) is 0 Å². The van der Waals surface area contributed by atoms with Crippen molar-refractivity contribution in [1.29, 1.82) is 0 Å². The summed E-state index contributed by atoms with van der Waals surface area (Å²) in [5.74, 6) is -16.9. The molecule has 1 aromatic carbocycles. The number of benzene rings is 1. The Labute approximate surface area is 173 Å². The zero-order chi connectivity index (χ0) is 24.3. The van der Waals surface area contributed by atoms with Crippen molar-refractivity contribution >= 4 is 12.1 Å². The minimum atomic E-state index is -6.60. The van der Waals surface area contributed by atoms with Gasteiger partial charge < -0.3 is 14.8 Å². The van der Waals surface area contributed by atoms with Crippen molar-refractivity contribution in [3.63, 3.8) is 0 Å². The minimum absolute atomic E-state index is 0.270. The number of hydrogen-bond donors (Lipinski definition) is 1. The summed E-state index contributed by atoms with van der Waals surface area (Å²) in [6, 6.07) is 5.38. The molecule has 0 aliphatic rings. The quantitative estimate of drug-likeness (QED) is 0.454. The maximum atomic E-state index is 14.2. The Bertz CT molecular complexity index is 761. The summed E-state index contributed by atoms with van der Waals surface area (Å²) in [4.78, 5) is 24.3. The van der Waals surface area contributed by atoms with E-state index in [1.807, 2.05) is 0 Å². The standard InChI is InChI=1S/C19H22F7NO4/c1-11(17(20,21)18(22,23)19(24,25)26)13(14(28)31-16(2,3)4)27-15(29)30-10-12-8-6-5-7-9-12/h5-9,11,13H,10H2,1-4H3,(H,27,29). The topological polar surface area (TPSA) is 64.6 Å². The summed E-state index contributed by atoms with van der Waals surface area (Å²) in [5, 5.41) is 1.62. The first-order valence-corrected chi connectivity index (χ1v) is 8.92. The Morgan fingerprint density at radius 2 is 1.48 bits per heavy atom. The molecule has 2 unspecified atom stereocenters. The molecular weight excluding hydrogens is 439 g/mol. The van der Waals surface area contributed by atoms with Gasteiger partial charge >= 0.3 is 30.1 Å². The Morgan fingerprint density at radius 3 is 1.94 bits per heavy atom. The fourth-order valence-corrected chi connectivity index (χ4v) is 2.33. The van der Waals surface area contributed by atoms with Gasteiger partial charge in [0, 0.05) is 0 Å². The van der Waals surface area contributed by atoms with Crippen LogP contribution in [0.3, 0.4) is 0 Å². The third-order valence-electron chi connectivity index (χ3n) is 3.99. The lowest BCUT2D eigenvalue weighted by atomic mass is 9.89. The van der Waals surface area contributed by atoms with E-state index in [9.17, 15) is 40.3 Å². The lowest BCUT2D eigenvalue weighted by Crippen LogP contribution is -2.61. The Morgan fingerprint density at radius 1 is 0.968 bits per heavy atom. The van der Waals surface area contributed by atoms with Crippen molar-refractivity contribution in [1.82, 2.24) is 5.32 Å². The summed E-state index contributed by atoms with van der Waals surface area (Å²) in [6.07, 6.45) is -8.09. The van der Waals surface area contributed by atoms with Gasteiger partial charge in [-0.15, -0.1) is 0 Å². The van der Waals surface area contributed by atoms with Crippen LogP contribution in [0.2, 0.25) is 0 Å². The van der Waals surface area contributed by atoms with Crippen LogP contribution >= 0.6 is 0 Å². The van der Waals surface area contributed by atoms with Gasteiger partial charge in [0.05, 0.1) is 5.92 Å². The molecule has 1 amide bonds. The van der Waals surface area contributed by atoms with Crippen LogP contribution in [0.25, 0.3) is 0 Å². The van der Waals surface area contributed by atoms with Crippen LogP contribution in [0.1, 0.15) is 33.3 Å². The monoisotopic (exact) mass is 461 g/mol. The largest absolute Gasteiger partial charge is 0.459 e. The van der Waals surface area contributed by atoms with Crippen molar-refractivity contribution in [3.8, 4) is 0 Å². The summed E-state index contributed by atoms with van der Waals surface area (Å²) in [6.45, 7) is 3.82. The molecule has 0 aliphatic heterocycles. The molecule has 0 heterocycles. The first kappa shape index (κ1) is 26.5. The summed E-state index contributed by atoms with van der Waals surface area (Å²) in [5.41, 5.74) is -0.847. The number of rotatable bonds is 7. The highest BCUT2D eigenvalue weighted by Crippen LogP contribution is 2.50. The molecule has 0 radical (unpaired) electrons. The molecule has 0 saturated carbocycles. The van der Waals surface area contributed by atoms with E-state index in [0.29, 0.717) is 5.56 Å². The molecule has 1 N–H and O–H groups in total. The SMILES string of the molecule is CC(C(NC(=O)OCc1ccccc1)C(=O)OC(C)(C)C)C(F)(F)C(F)(F)C(F)(F)F. The van der Waals surface area contributed by atoms with Gasteiger partial charge in [0.15, 0.2) is 0 Å². The van der Waals surface area contributed by atoms with Crippen LogP contribution in [0.5, 0.6) is 0 Å². The first-order valence-electron chi connectivity index (χ1n) is 8.92. The molecule has 0 fully saturated rings. The zero-order valence-corrected chi connectivity index (χ0v) is 17.0. The Balaban J connectivity index is 3.13. The molecule has 0 bridgehead atoms. The van der Waals surface area contributed by atoms with E-state index < -0.39 is 47.6 Å². The van der Waals surface area contributed by atoms with Crippen LogP contribution in [-0.4, -0.2) is 41.7 Å². The average molecular weight is 461 g/mol. The number of halogens is 7. The number of hydrogen-bond acceptors (Lipinski definition) is 4. The Hall–Kier alpha value is -2.53. The first-order chi connectivity index (χ1) is 13.9. The lowest BCUT2D eigenvalue weighted by Gasteiger charge is -2.36. The van der Waals surface area contributed by atoms with E-state index in [-0.39, 0.29) is 13.5 Å². The predicted octanol–water partition coefficient (Wildman–Crippen LogP) is 5.09. The zero-order valence-electron chi connectivity index (χ0n) is 17.0. The van der Waals surface area contributed by atoms with E-state index >= 15 is 0 Å². The molecule has 0 saturated heterocycles. The highest BCUT2D eigenvalue weighted by molar-refractivity contribution is 5.82. The molecule has 0 spiro atoms. The maximum Gasteiger partial charge on any atom is 0.459 e. The van der Waals surface area contributed by atoms with Crippen molar-refractivity contribution in [2.45, 2.75) is 64.0 Å². The number of carbonyl (C=O) groups excluding carboxylic acids is 2. The predicted molar refractivity (Wildman–Crippen MR) is 94.5 cm³/mol. The van der Waals surface area contributed by atoms with E-state index in [0.717, 1.165) is 0 Å². The van der Waals surface area contributed by atoms with Gasteiger partial charge in [-0.1, -0.05) is 37.3 Å². The summed E-state index contributed by atoms with van der Waals surface area (Å²) in [7, 11) is 0. The summed E-state index contributed by atoms with van der Waals surface area (Å²) < 4.78 is 102. The van der Waals surface area contributed by atoms with E-state index in [4.69, 9.17) is 9.47 Å². The Kier molecular flexibility index (Phi) is 7.96. The van der Waals surface area contributed by atoms with Crippen LogP contribution in [0.15, 0.2) is 30.3 Å². The number of alkyl carbamates (subject to hydrolysis) is 1. The molecular formula is C19H22F7NO4. The molecule has 12 heteroatoms. The number of carbonyl (C=O) groups is 2. The van der Waals surface area contributed by atoms with Crippen LogP contribution in [0, 0.1) is 5.92 Å². The van der Waals surface area contributed by atoms with Crippen LogP contribution in [0.4, 0.5) is 35.5 Å². The maximum absolute atomic E-state index is 14.2. The van der Waals surface area contributed by atoms with E-state index in [2.05, 4.69) is 0 Å². The van der Waals surface area contributed by atoms with Crippen LogP contribution in [-0.2, 0) is 20.9 Å². The molecule has 31 heavy (non-hydrogen) atoms. The second-order valence-electron chi connectivity index (χ2n) is 7.70. The minimum Gasteiger partial charge on any atom is -0.458 e. The molecule has 5 nitrogen and oxygen atoms in total. The molecule has 1 rings (SSSR count). The number of amides is 1. The second-order valence-corrected chi connectivity index (χ2v) is 7.70. The highest BCUT2D eigenvalue weighted by Gasteiger charge is 2.75. The molecule has 1 aromatic rings. The van der Waals surface area contributed by atoms with Gasteiger partial charge in [-0.3, -0.25) is 0 Å². The number of ether oxygens (including phenoxy) is 2. The highest BCUT2D eigenvalue weighted by atomic mass is 19.4. The molecule has 0 aromatic heterocycles. The summed E-state index contributed by atoms with van der Waals surface area (Å²) >= 11 is 0. The van der Waals surface area contributed by atoms with Gasteiger partial charge in [0.25, 0.3) is 0 Å². The second kappa shape index (κ2) is 9.31. The van der Waals surface area contributed by atoms with Gasteiger partial charge in [-0.05, 0) is 26.3 Å². The fraction of sp³-hybridized carbons (Fsp3) is 0.579. The van der Waals surface area contributed by atoms with Gasteiger partial charge in [-0.2, -0.15) is 30.7 Å². The third-order valence-corrected chi connectivity index (χ3v) is 3.99. The van der Waals surface area contributed by atoms with E-state index in [1.54, 1.807) is 35.6 Å². The van der Waals surface area contributed by atoms with Crippen LogP contribution < -0.4 is 5.32 Å². The van der Waals surface area contributed by atoms with Gasteiger partial charge in [0.2, 0.25) is 0 Å². The number of alkyl halides is 7. The molecule has 2 atom stereocenters. The van der Waals surface area contributed by atoms with Gasteiger partial charge in [-0.25, -0.2) is 9.59 Å². The molecule has 176 valence electrons. The third kappa shape index (κ3) is 6.73. The smallest absolute Gasteiger partial charge is 0.458 e. The average Bonchev–Trinajstić information content (AvgIpc) is 2.62. The number of esters is 1. The lowest BCUT2D eigenvalue weighted by molar-refractivity contribution is -0.365.